The Balaban J connectivity index is 1.41. The molecule has 6 nitrogen and oxygen atoms in total. The molecule has 2 N–H and O–H groups in total. The second-order valence-electron chi connectivity index (χ2n) is 7.28. The first kappa shape index (κ1) is 20.7. The standard InChI is InChI=1S/C20H16Cl2F2N2O4/c21-12-3-2-11(14(22)8-12)10-19(6-1-7-19)26-18(28)17(27)25-13-4-5-15-16(9-13)30-20(23,24)29-15/h2-5,8-9H,1,6-7,10H2,(H,25,27)(H,26,28). The van der Waals surface area contributed by atoms with E-state index in [1.165, 1.54) is 12.1 Å². The molecule has 2 amide bonds. The predicted octanol–water partition coefficient (Wildman–Crippen LogP) is 4.54. The number of alkyl halides is 2. The van der Waals surface area contributed by atoms with E-state index < -0.39 is 23.6 Å². The summed E-state index contributed by atoms with van der Waals surface area (Å²) < 4.78 is 34.9. The highest BCUT2D eigenvalue weighted by Crippen LogP contribution is 2.42. The average Bonchev–Trinajstić information content (AvgIpc) is 2.94. The van der Waals surface area contributed by atoms with Crippen molar-refractivity contribution in [1.29, 1.82) is 0 Å². The summed E-state index contributed by atoms with van der Waals surface area (Å²) in [4.78, 5) is 24.8. The van der Waals surface area contributed by atoms with Gasteiger partial charge in [0, 0.05) is 27.3 Å². The zero-order chi connectivity index (χ0) is 21.5. The van der Waals surface area contributed by atoms with Crippen molar-refractivity contribution in [2.45, 2.75) is 37.5 Å². The van der Waals surface area contributed by atoms with E-state index in [4.69, 9.17) is 23.2 Å². The molecule has 0 atom stereocenters. The minimum Gasteiger partial charge on any atom is -0.395 e. The van der Waals surface area contributed by atoms with Crippen molar-refractivity contribution in [3.63, 3.8) is 0 Å². The van der Waals surface area contributed by atoms with E-state index in [-0.39, 0.29) is 17.2 Å². The summed E-state index contributed by atoms with van der Waals surface area (Å²) in [6.45, 7) is 0. The smallest absolute Gasteiger partial charge is 0.395 e. The van der Waals surface area contributed by atoms with Gasteiger partial charge in [0.25, 0.3) is 0 Å². The summed E-state index contributed by atoms with van der Waals surface area (Å²) in [5.41, 5.74) is 0.361. The molecule has 1 aliphatic carbocycles. The van der Waals surface area contributed by atoms with Crippen molar-refractivity contribution in [2.24, 2.45) is 0 Å². The lowest BCUT2D eigenvalue weighted by Crippen LogP contribution is -2.57. The fourth-order valence-corrected chi connectivity index (χ4v) is 3.97. The summed E-state index contributed by atoms with van der Waals surface area (Å²) in [7, 11) is 0. The van der Waals surface area contributed by atoms with Crippen LogP contribution in [0.3, 0.4) is 0 Å². The Labute approximate surface area is 180 Å². The fourth-order valence-electron chi connectivity index (χ4n) is 3.49. The lowest BCUT2D eigenvalue weighted by atomic mass is 9.72. The number of nitrogens with one attached hydrogen (secondary N) is 2. The highest BCUT2D eigenvalue weighted by Gasteiger charge is 2.43. The van der Waals surface area contributed by atoms with Crippen molar-refractivity contribution in [3.8, 4) is 11.5 Å². The highest BCUT2D eigenvalue weighted by molar-refractivity contribution is 6.40. The van der Waals surface area contributed by atoms with Crippen molar-refractivity contribution >= 4 is 40.7 Å². The number of carbonyl (C=O) groups is 2. The number of ether oxygens (including phenoxy) is 2. The molecule has 158 valence electrons. The van der Waals surface area contributed by atoms with E-state index >= 15 is 0 Å². The molecule has 0 saturated heterocycles. The molecule has 2 aliphatic rings. The van der Waals surface area contributed by atoms with Crippen LogP contribution in [-0.4, -0.2) is 23.6 Å². The Morgan fingerprint density at radius 2 is 1.73 bits per heavy atom. The predicted molar refractivity (Wildman–Crippen MR) is 106 cm³/mol. The van der Waals surface area contributed by atoms with Gasteiger partial charge in [0.15, 0.2) is 11.5 Å². The quantitative estimate of drug-likeness (QED) is 0.662. The molecule has 2 aromatic rings. The number of anilines is 1. The van der Waals surface area contributed by atoms with Gasteiger partial charge in [-0.3, -0.25) is 9.59 Å². The Hall–Kier alpha value is -2.58. The van der Waals surface area contributed by atoms with Gasteiger partial charge in [-0.05, 0) is 55.5 Å². The lowest BCUT2D eigenvalue weighted by Gasteiger charge is -2.42. The van der Waals surface area contributed by atoms with Crippen molar-refractivity contribution in [3.05, 3.63) is 52.0 Å². The number of fused-ring (bicyclic) bond motifs is 1. The molecule has 0 bridgehead atoms. The first-order chi connectivity index (χ1) is 14.1. The number of rotatable bonds is 4. The Bertz CT molecular complexity index is 1030. The van der Waals surface area contributed by atoms with Crippen molar-refractivity contribution < 1.29 is 27.8 Å². The molecule has 0 aromatic heterocycles. The van der Waals surface area contributed by atoms with Crippen LogP contribution in [0.5, 0.6) is 11.5 Å². The van der Waals surface area contributed by atoms with E-state index in [1.54, 1.807) is 18.2 Å². The molecule has 10 heteroatoms. The van der Waals surface area contributed by atoms with Crippen LogP contribution in [-0.2, 0) is 16.0 Å². The van der Waals surface area contributed by atoms with Crippen LogP contribution < -0.4 is 20.1 Å². The number of carbonyl (C=O) groups excluding carboxylic acids is 2. The molecular weight excluding hydrogens is 441 g/mol. The third kappa shape index (κ3) is 4.29. The van der Waals surface area contributed by atoms with Crippen LogP contribution in [0.2, 0.25) is 10.0 Å². The average molecular weight is 457 g/mol. The topological polar surface area (TPSA) is 76.7 Å². The van der Waals surface area contributed by atoms with Crippen LogP contribution in [0.15, 0.2) is 36.4 Å². The van der Waals surface area contributed by atoms with E-state index in [0.717, 1.165) is 18.1 Å². The maximum absolute atomic E-state index is 13.1. The van der Waals surface area contributed by atoms with Gasteiger partial charge in [0.1, 0.15) is 0 Å². The first-order valence-electron chi connectivity index (χ1n) is 9.12. The van der Waals surface area contributed by atoms with Gasteiger partial charge in [0.2, 0.25) is 0 Å². The molecule has 2 aromatic carbocycles. The van der Waals surface area contributed by atoms with Gasteiger partial charge in [-0.1, -0.05) is 29.3 Å². The maximum Gasteiger partial charge on any atom is 0.586 e. The van der Waals surface area contributed by atoms with Crippen molar-refractivity contribution in [1.82, 2.24) is 5.32 Å². The van der Waals surface area contributed by atoms with Gasteiger partial charge < -0.3 is 20.1 Å². The zero-order valence-corrected chi connectivity index (χ0v) is 16.9. The minimum absolute atomic E-state index is 0.124. The van der Waals surface area contributed by atoms with Gasteiger partial charge in [-0.25, -0.2) is 0 Å². The molecule has 1 saturated carbocycles. The van der Waals surface area contributed by atoms with Crippen LogP contribution in [0, 0.1) is 0 Å². The van der Waals surface area contributed by atoms with Gasteiger partial charge in [-0.15, -0.1) is 8.78 Å². The normalized spacial score (nSPS) is 17.7. The molecular formula is C20H16Cl2F2N2O4. The number of hydrogen-bond acceptors (Lipinski definition) is 4. The second-order valence-corrected chi connectivity index (χ2v) is 8.13. The Morgan fingerprint density at radius 1 is 1.00 bits per heavy atom. The van der Waals surface area contributed by atoms with Crippen molar-refractivity contribution in [2.75, 3.05) is 5.32 Å². The SMILES string of the molecule is O=C(Nc1ccc2c(c1)OC(F)(F)O2)C(=O)NC1(Cc2ccc(Cl)cc2Cl)CCC1. The van der Waals surface area contributed by atoms with Crippen LogP contribution >= 0.6 is 23.2 Å². The summed E-state index contributed by atoms with van der Waals surface area (Å²) in [6.07, 6.45) is -0.999. The summed E-state index contributed by atoms with van der Waals surface area (Å²) >= 11 is 12.2. The second kappa shape index (κ2) is 7.59. The molecule has 1 heterocycles. The summed E-state index contributed by atoms with van der Waals surface area (Å²) in [6, 6.07) is 8.85. The monoisotopic (exact) mass is 456 g/mol. The minimum atomic E-state index is -3.76. The number of benzene rings is 2. The number of amides is 2. The largest absolute Gasteiger partial charge is 0.586 e. The van der Waals surface area contributed by atoms with Crippen LogP contribution in [0.1, 0.15) is 24.8 Å². The molecule has 1 fully saturated rings. The molecule has 4 rings (SSSR count). The molecule has 30 heavy (non-hydrogen) atoms. The van der Waals surface area contributed by atoms with Crippen LogP contribution in [0.25, 0.3) is 0 Å². The third-order valence-electron chi connectivity index (χ3n) is 5.10. The third-order valence-corrected chi connectivity index (χ3v) is 5.69. The van der Waals surface area contributed by atoms with Gasteiger partial charge >= 0.3 is 18.1 Å². The zero-order valence-electron chi connectivity index (χ0n) is 15.4. The maximum atomic E-state index is 13.1. The number of hydrogen-bond donors (Lipinski definition) is 2. The van der Waals surface area contributed by atoms with Gasteiger partial charge in [-0.2, -0.15) is 0 Å². The molecule has 0 unspecified atom stereocenters. The van der Waals surface area contributed by atoms with Crippen LogP contribution in [0.4, 0.5) is 14.5 Å². The molecule has 0 spiro atoms. The Morgan fingerprint density at radius 3 is 2.40 bits per heavy atom. The Kier molecular flexibility index (Phi) is 5.23. The van der Waals surface area contributed by atoms with E-state index in [1.807, 2.05) is 0 Å². The molecule has 1 aliphatic heterocycles. The lowest BCUT2D eigenvalue weighted by molar-refractivity contribution is -0.286. The highest BCUT2D eigenvalue weighted by atomic mass is 35.5. The van der Waals surface area contributed by atoms with E-state index in [0.29, 0.717) is 29.3 Å². The van der Waals surface area contributed by atoms with E-state index in [9.17, 15) is 18.4 Å². The molecule has 0 radical (unpaired) electrons. The number of halogens is 4. The summed E-state index contributed by atoms with van der Waals surface area (Å²) in [5.74, 6) is -2.14. The van der Waals surface area contributed by atoms with Gasteiger partial charge in [0.05, 0.1) is 0 Å². The summed E-state index contributed by atoms with van der Waals surface area (Å²) in [5, 5.41) is 6.17. The first-order valence-corrected chi connectivity index (χ1v) is 9.88. The fraction of sp³-hybridized carbons (Fsp3) is 0.300. The van der Waals surface area contributed by atoms with E-state index in [2.05, 4.69) is 20.1 Å².